The number of hydrogen-bond acceptors (Lipinski definition) is 2. The number of ketones is 2. The van der Waals surface area contributed by atoms with Gasteiger partial charge in [-0.25, -0.2) is 0 Å². The van der Waals surface area contributed by atoms with Crippen molar-refractivity contribution in [1.29, 1.82) is 0 Å². The van der Waals surface area contributed by atoms with Crippen molar-refractivity contribution in [2.24, 2.45) is 0 Å². The van der Waals surface area contributed by atoms with E-state index in [4.69, 9.17) is 0 Å². The van der Waals surface area contributed by atoms with Gasteiger partial charge in [0.2, 0.25) is 0 Å². The molecular formula is C52H40O2. The van der Waals surface area contributed by atoms with Crippen LogP contribution in [0.25, 0.3) is 0 Å². The van der Waals surface area contributed by atoms with Gasteiger partial charge in [0.05, 0.1) is 0 Å². The highest BCUT2D eigenvalue weighted by molar-refractivity contribution is 6.10. The van der Waals surface area contributed by atoms with Crippen LogP contribution in [0.15, 0.2) is 243 Å². The quantitative estimate of drug-likeness (QED) is 0.105. The molecule has 0 aromatic heterocycles. The molecule has 0 unspecified atom stereocenters. The van der Waals surface area contributed by atoms with E-state index in [2.05, 4.69) is 0 Å². The highest BCUT2D eigenvalue weighted by Gasteiger charge is 2.45. The first kappa shape index (κ1) is 35.5. The molecule has 8 aromatic rings. The number of benzene rings is 8. The van der Waals surface area contributed by atoms with Crippen molar-refractivity contribution in [2.75, 3.05) is 0 Å². The van der Waals surface area contributed by atoms with Crippen molar-refractivity contribution in [3.63, 3.8) is 0 Å². The zero-order valence-corrected chi connectivity index (χ0v) is 29.9. The van der Waals surface area contributed by atoms with Gasteiger partial charge in [-0.15, -0.1) is 0 Å². The number of rotatable bonds is 10. The monoisotopic (exact) mass is 696 g/mol. The smallest absolute Gasteiger partial charge is 0.182 e. The fourth-order valence-corrected chi connectivity index (χ4v) is 7.53. The third kappa shape index (κ3) is 6.86. The van der Waals surface area contributed by atoms with Gasteiger partial charge in [0.1, 0.15) is 10.8 Å². The van der Waals surface area contributed by atoms with E-state index in [0.29, 0.717) is 11.1 Å². The maximum atomic E-state index is 14.1. The lowest BCUT2D eigenvalue weighted by Crippen LogP contribution is -2.38. The molecule has 0 aliphatic heterocycles. The Morgan fingerprint density at radius 1 is 0.222 bits per heavy atom. The third-order valence-corrected chi connectivity index (χ3v) is 9.99. The number of Topliss-reactive ketones (excluding diaryl/α,β-unsaturated/α-hetero) is 2. The lowest BCUT2D eigenvalue weighted by atomic mass is 9.65. The molecule has 0 radical (unpaired) electrons. The second-order valence-corrected chi connectivity index (χ2v) is 13.1. The van der Waals surface area contributed by atoms with E-state index in [1.807, 2.05) is 243 Å². The molecule has 8 aromatic carbocycles. The summed E-state index contributed by atoms with van der Waals surface area (Å²) in [4.78, 5) is 28.1. The Hall–Kier alpha value is -6.90. The van der Waals surface area contributed by atoms with Crippen LogP contribution in [0.4, 0.5) is 0 Å². The minimum Gasteiger partial charge on any atom is -0.292 e. The molecule has 0 spiro atoms. The summed E-state index contributed by atoms with van der Waals surface area (Å²) in [6.07, 6.45) is 0. The molecule has 54 heavy (non-hydrogen) atoms. The van der Waals surface area contributed by atoms with E-state index in [-0.39, 0.29) is 11.6 Å². The van der Waals surface area contributed by atoms with E-state index < -0.39 is 10.8 Å². The Balaban J connectivity index is 0.000000167. The van der Waals surface area contributed by atoms with Crippen LogP contribution in [-0.4, -0.2) is 11.6 Å². The van der Waals surface area contributed by atoms with Crippen LogP contribution in [0, 0.1) is 0 Å². The second kappa shape index (κ2) is 16.6. The molecule has 0 heterocycles. The zero-order valence-electron chi connectivity index (χ0n) is 29.9. The minimum atomic E-state index is -0.898. The van der Waals surface area contributed by atoms with Gasteiger partial charge in [-0.1, -0.05) is 243 Å². The Bertz CT molecular complexity index is 1990. The summed E-state index contributed by atoms with van der Waals surface area (Å²) in [5, 5.41) is 0. The normalized spacial score (nSPS) is 11.1. The predicted molar refractivity (Wildman–Crippen MR) is 220 cm³/mol. The Labute approximate surface area is 318 Å². The predicted octanol–water partition coefficient (Wildman–Crippen LogP) is 11.8. The van der Waals surface area contributed by atoms with Crippen LogP contribution in [0.1, 0.15) is 54.1 Å². The zero-order chi connectivity index (χ0) is 37.1. The molecule has 0 aliphatic carbocycles. The summed E-state index contributed by atoms with van der Waals surface area (Å²) in [7, 11) is 0. The first-order valence-electron chi connectivity index (χ1n) is 18.2. The van der Waals surface area contributed by atoms with Crippen molar-refractivity contribution in [1.82, 2.24) is 0 Å². The van der Waals surface area contributed by atoms with Gasteiger partial charge in [0.15, 0.2) is 11.6 Å². The molecule has 0 atom stereocenters. The van der Waals surface area contributed by atoms with Crippen molar-refractivity contribution in [3.05, 3.63) is 287 Å². The van der Waals surface area contributed by atoms with Crippen LogP contribution >= 0.6 is 0 Å². The highest BCUT2D eigenvalue weighted by atomic mass is 16.1. The van der Waals surface area contributed by atoms with Gasteiger partial charge in [0.25, 0.3) is 0 Å². The summed E-state index contributed by atoms with van der Waals surface area (Å²) in [6, 6.07) is 79.5. The van der Waals surface area contributed by atoms with Crippen LogP contribution < -0.4 is 0 Å². The van der Waals surface area contributed by atoms with Gasteiger partial charge >= 0.3 is 0 Å². The number of hydrogen-bond donors (Lipinski definition) is 0. The number of carbonyl (C=O) groups excluding carboxylic acids is 2. The number of carbonyl (C=O) groups is 2. The minimum absolute atomic E-state index is 0.0756. The molecule has 0 fully saturated rings. The molecule has 260 valence electrons. The van der Waals surface area contributed by atoms with Gasteiger partial charge in [-0.3, -0.25) is 9.59 Å². The summed E-state index contributed by atoms with van der Waals surface area (Å²) >= 11 is 0. The second-order valence-electron chi connectivity index (χ2n) is 13.1. The maximum Gasteiger partial charge on any atom is 0.182 e. The largest absolute Gasteiger partial charge is 0.292 e. The summed E-state index contributed by atoms with van der Waals surface area (Å²) in [6.45, 7) is 0. The first-order valence-corrected chi connectivity index (χ1v) is 18.2. The average Bonchev–Trinajstić information content (AvgIpc) is 3.27. The SMILES string of the molecule is O=C(c1ccccc1)C(c1ccccc1)(c1ccccc1)c1ccccc1.O=C(c1ccccc1)C(c1ccccc1)(c1ccccc1)c1ccccc1. The summed E-state index contributed by atoms with van der Waals surface area (Å²) in [5.41, 5.74) is 5.42. The fraction of sp³-hybridized carbons (Fsp3) is 0.0385. The highest BCUT2D eigenvalue weighted by Crippen LogP contribution is 2.43. The van der Waals surface area contributed by atoms with Crippen LogP contribution in [0.3, 0.4) is 0 Å². The molecule has 8 rings (SSSR count). The maximum absolute atomic E-state index is 14.1. The molecule has 0 saturated carbocycles. The van der Waals surface area contributed by atoms with Gasteiger partial charge in [-0.2, -0.15) is 0 Å². The standard InChI is InChI=1S/2C26H20O/c2*27-25(21-13-5-1-6-14-21)26(22-15-7-2-8-16-22,23-17-9-3-10-18-23)24-19-11-4-12-20-24/h2*1-20H. The third-order valence-electron chi connectivity index (χ3n) is 9.99. The van der Waals surface area contributed by atoms with E-state index in [0.717, 1.165) is 33.4 Å². The molecule has 2 heteroatoms. The Kier molecular flexibility index (Phi) is 10.9. The molecule has 0 saturated heterocycles. The van der Waals surface area contributed by atoms with Crippen molar-refractivity contribution in [3.8, 4) is 0 Å². The first-order chi connectivity index (χ1) is 26.7. The van der Waals surface area contributed by atoms with Crippen LogP contribution in [0.2, 0.25) is 0 Å². The van der Waals surface area contributed by atoms with Gasteiger partial charge in [-0.05, 0) is 33.4 Å². The lowest BCUT2D eigenvalue weighted by Gasteiger charge is -2.34. The summed E-state index contributed by atoms with van der Waals surface area (Å²) in [5.74, 6) is 0.151. The van der Waals surface area contributed by atoms with Crippen molar-refractivity contribution >= 4 is 11.6 Å². The Morgan fingerprint density at radius 3 is 0.537 bits per heavy atom. The molecule has 0 bridgehead atoms. The van der Waals surface area contributed by atoms with Crippen LogP contribution in [0.5, 0.6) is 0 Å². The Morgan fingerprint density at radius 2 is 0.370 bits per heavy atom. The fourth-order valence-electron chi connectivity index (χ4n) is 7.53. The van der Waals surface area contributed by atoms with E-state index >= 15 is 0 Å². The molecule has 0 N–H and O–H groups in total. The molecule has 2 nitrogen and oxygen atoms in total. The van der Waals surface area contributed by atoms with E-state index in [9.17, 15) is 9.59 Å². The van der Waals surface area contributed by atoms with Crippen molar-refractivity contribution in [2.45, 2.75) is 10.8 Å². The molecule has 0 amide bonds. The molecular weight excluding hydrogens is 657 g/mol. The lowest BCUT2D eigenvalue weighted by molar-refractivity contribution is 0.0927. The van der Waals surface area contributed by atoms with Gasteiger partial charge < -0.3 is 0 Å². The topological polar surface area (TPSA) is 34.1 Å². The van der Waals surface area contributed by atoms with E-state index in [1.165, 1.54) is 0 Å². The van der Waals surface area contributed by atoms with Gasteiger partial charge in [0, 0.05) is 11.1 Å². The average molecular weight is 697 g/mol. The molecule has 0 aliphatic rings. The van der Waals surface area contributed by atoms with Crippen LogP contribution in [-0.2, 0) is 10.8 Å². The van der Waals surface area contributed by atoms with Crippen molar-refractivity contribution < 1.29 is 9.59 Å². The summed E-state index contributed by atoms with van der Waals surface area (Å²) < 4.78 is 0. The van der Waals surface area contributed by atoms with E-state index in [1.54, 1.807) is 0 Å².